The minimum absolute atomic E-state index is 0.491. The van der Waals surface area contributed by atoms with E-state index in [0.29, 0.717) is 6.04 Å². The summed E-state index contributed by atoms with van der Waals surface area (Å²) in [4.78, 5) is 0. The maximum absolute atomic E-state index is 3.62. The lowest BCUT2D eigenvalue weighted by Gasteiger charge is -2.19. The molecule has 2 heteroatoms. The van der Waals surface area contributed by atoms with Crippen LogP contribution in [0.5, 0.6) is 0 Å². The smallest absolute Gasteiger partial charge is 0.0317 e. The van der Waals surface area contributed by atoms with Crippen molar-refractivity contribution in [3.63, 3.8) is 0 Å². The van der Waals surface area contributed by atoms with Gasteiger partial charge in [0, 0.05) is 10.5 Å². The lowest BCUT2D eigenvalue weighted by atomic mass is 9.99. The first kappa shape index (κ1) is 13.7. The molecule has 0 aliphatic heterocycles. The molecule has 0 saturated heterocycles. The van der Waals surface area contributed by atoms with E-state index in [-0.39, 0.29) is 0 Å². The van der Waals surface area contributed by atoms with Crippen molar-refractivity contribution < 1.29 is 0 Å². The molecule has 0 bridgehead atoms. The molecule has 0 heterocycles. The van der Waals surface area contributed by atoms with E-state index in [9.17, 15) is 0 Å². The predicted octanol–water partition coefficient (Wildman–Crippen LogP) is 4.52. The second-order valence-corrected chi connectivity index (χ2v) is 5.18. The fraction of sp³-hybridized carbons (Fsp3) is 0.571. The summed E-state index contributed by atoms with van der Waals surface area (Å²) in [7, 11) is 0. The maximum atomic E-state index is 3.62. The van der Waals surface area contributed by atoms with Gasteiger partial charge >= 0.3 is 0 Å². The Morgan fingerprint density at radius 3 is 2.19 bits per heavy atom. The Bertz CT molecular complexity index is 324. The average Bonchev–Trinajstić information content (AvgIpc) is 2.26. The van der Waals surface area contributed by atoms with Crippen LogP contribution in [0.1, 0.15) is 49.4 Å². The first-order valence-electron chi connectivity index (χ1n) is 6.10. The van der Waals surface area contributed by atoms with E-state index < -0.39 is 0 Å². The van der Waals surface area contributed by atoms with Crippen molar-refractivity contribution in [2.45, 2.75) is 46.6 Å². The van der Waals surface area contributed by atoms with Gasteiger partial charge in [0.05, 0.1) is 0 Å². The normalized spacial score (nSPS) is 12.8. The number of hydrogen-bond donors (Lipinski definition) is 1. The highest BCUT2D eigenvalue weighted by Gasteiger charge is 2.10. The molecule has 1 atom stereocenters. The largest absolute Gasteiger partial charge is 0.310 e. The molecule has 16 heavy (non-hydrogen) atoms. The highest BCUT2D eigenvalue weighted by Crippen LogP contribution is 2.26. The molecule has 0 aliphatic rings. The van der Waals surface area contributed by atoms with Crippen LogP contribution < -0.4 is 5.32 Å². The fourth-order valence-electron chi connectivity index (χ4n) is 2.00. The molecule has 1 aromatic carbocycles. The van der Waals surface area contributed by atoms with Crippen molar-refractivity contribution in [2.75, 3.05) is 6.54 Å². The van der Waals surface area contributed by atoms with Crippen LogP contribution in [0.15, 0.2) is 16.6 Å². The van der Waals surface area contributed by atoms with Gasteiger partial charge in [0.25, 0.3) is 0 Å². The summed E-state index contributed by atoms with van der Waals surface area (Å²) in [6.45, 7) is 9.85. The van der Waals surface area contributed by atoms with Gasteiger partial charge < -0.3 is 5.32 Å². The summed E-state index contributed by atoms with van der Waals surface area (Å²) >= 11 is 3.62. The van der Waals surface area contributed by atoms with Crippen LogP contribution in [0.3, 0.4) is 0 Å². The summed E-state index contributed by atoms with van der Waals surface area (Å²) in [5.74, 6) is 0. The van der Waals surface area contributed by atoms with Gasteiger partial charge in [-0.15, -0.1) is 0 Å². The molecule has 0 spiro atoms. The van der Waals surface area contributed by atoms with Gasteiger partial charge in [0.1, 0.15) is 0 Å². The summed E-state index contributed by atoms with van der Waals surface area (Å²) < 4.78 is 1.24. The van der Waals surface area contributed by atoms with Crippen molar-refractivity contribution >= 4 is 15.9 Å². The Balaban J connectivity index is 2.92. The number of benzene rings is 1. The van der Waals surface area contributed by atoms with Gasteiger partial charge in [0.15, 0.2) is 0 Å². The lowest BCUT2D eigenvalue weighted by molar-refractivity contribution is 0.518. The van der Waals surface area contributed by atoms with Gasteiger partial charge in [-0.05, 0) is 49.9 Å². The maximum Gasteiger partial charge on any atom is 0.0317 e. The Kier molecular flexibility index (Phi) is 5.50. The van der Waals surface area contributed by atoms with Crippen molar-refractivity contribution in [2.24, 2.45) is 0 Å². The van der Waals surface area contributed by atoms with Gasteiger partial charge in [-0.3, -0.25) is 0 Å². The highest BCUT2D eigenvalue weighted by molar-refractivity contribution is 9.10. The first-order chi connectivity index (χ1) is 7.60. The zero-order chi connectivity index (χ0) is 12.1. The van der Waals surface area contributed by atoms with Crippen molar-refractivity contribution in [3.05, 3.63) is 33.3 Å². The van der Waals surface area contributed by atoms with Crippen molar-refractivity contribution in [3.8, 4) is 0 Å². The molecular formula is C14H22BrN. The Hall–Kier alpha value is -0.340. The zero-order valence-electron chi connectivity index (χ0n) is 10.7. The number of nitrogens with one attached hydrogen (secondary N) is 1. The Labute approximate surface area is 108 Å². The summed E-state index contributed by atoms with van der Waals surface area (Å²) in [5.41, 5.74) is 4.06. The van der Waals surface area contributed by atoms with Crippen molar-refractivity contribution in [1.29, 1.82) is 0 Å². The van der Waals surface area contributed by atoms with Crippen LogP contribution in [0.25, 0.3) is 0 Å². The molecule has 0 fully saturated rings. The average molecular weight is 284 g/mol. The number of rotatable bonds is 5. The van der Waals surface area contributed by atoms with E-state index in [2.05, 4.69) is 61.1 Å². The van der Waals surface area contributed by atoms with Crippen LogP contribution >= 0.6 is 15.9 Å². The monoisotopic (exact) mass is 283 g/mol. The quantitative estimate of drug-likeness (QED) is 0.838. The van der Waals surface area contributed by atoms with Crippen molar-refractivity contribution in [1.82, 2.24) is 5.32 Å². The van der Waals surface area contributed by atoms with Gasteiger partial charge in [-0.25, -0.2) is 0 Å². The van der Waals surface area contributed by atoms with E-state index in [1.54, 1.807) is 0 Å². The molecule has 0 amide bonds. The standard InChI is InChI=1S/C14H22BrN/c1-5-7-16-13(6-2)12-8-10(3)14(15)11(4)9-12/h8-9,13,16H,5-7H2,1-4H3. The third kappa shape index (κ3) is 3.33. The van der Waals surface area contributed by atoms with E-state index in [0.717, 1.165) is 13.0 Å². The van der Waals surface area contributed by atoms with E-state index in [1.807, 2.05) is 0 Å². The van der Waals surface area contributed by atoms with Crippen LogP contribution in [0.4, 0.5) is 0 Å². The minimum atomic E-state index is 0.491. The third-order valence-electron chi connectivity index (χ3n) is 2.91. The summed E-state index contributed by atoms with van der Waals surface area (Å²) in [6, 6.07) is 5.06. The lowest BCUT2D eigenvalue weighted by Crippen LogP contribution is -2.21. The van der Waals surface area contributed by atoms with Gasteiger partial charge in [-0.2, -0.15) is 0 Å². The van der Waals surface area contributed by atoms with E-state index in [4.69, 9.17) is 0 Å². The molecule has 1 aromatic rings. The molecule has 0 aromatic heterocycles. The third-order valence-corrected chi connectivity index (χ3v) is 4.16. The van der Waals surface area contributed by atoms with Gasteiger partial charge in [0.2, 0.25) is 0 Å². The SMILES string of the molecule is CCCNC(CC)c1cc(C)c(Br)c(C)c1. The van der Waals surface area contributed by atoms with Gasteiger partial charge in [-0.1, -0.05) is 41.9 Å². The summed E-state index contributed by atoms with van der Waals surface area (Å²) in [5, 5.41) is 3.59. The van der Waals surface area contributed by atoms with Crippen LogP contribution in [-0.2, 0) is 0 Å². The highest BCUT2D eigenvalue weighted by atomic mass is 79.9. The zero-order valence-corrected chi connectivity index (χ0v) is 12.3. The Morgan fingerprint density at radius 1 is 1.19 bits per heavy atom. The first-order valence-corrected chi connectivity index (χ1v) is 6.89. The van der Waals surface area contributed by atoms with E-state index in [1.165, 1.54) is 27.6 Å². The molecule has 0 saturated carbocycles. The molecule has 90 valence electrons. The van der Waals surface area contributed by atoms with Crippen LogP contribution in [-0.4, -0.2) is 6.54 Å². The van der Waals surface area contributed by atoms with Crippen LogP contribution in [0.2, 0.25) is 0 Å². The second kappa shape index (κ2) is 6.41. The topological polar surface area (TPSA) is 12.0 Å². The number of hydrogen-bond acceptors (Lipinski definition) is 1. The molecule has 0 aliphatic carbocycles. The Morgan fingerprint density at radius 2 is 1.75 bits per heavy atom. The second-order valence-electron chi connectivity index (χ2n) is 4.38. The van der Waals surface area contributed by atoms with E-state index >= 15 is 0 Å². The molecule has 1 nitrogen and oxygen atoms in total. The van der Waals surface area contributed by atoms with Crippen LogP contribution in [0, 0.1) is 13.8 Å². The molecule has 1 unspecified atom stereocenters. The predicted molar refractivity (Wildman–Crippen MR) is 74.9 cm³/mol. The minimum Gasteiger partial charge on any atom is -0.310 e. The number of halogens is 1. The molecule has 0 radical (unpaired) electrons. The molecule has 1 N–H and O–H groups in total. The number of aryl methyl sites for hydroxylation is 2. The fourth-order valence-corrected chi connectivity index (χ4v) is 2.23. The molecular weight excluding hydrogens is 262 g/mol. The molecule has 1 rings (SSSR count). The summed E-state index contributed by atoms with van der Waals surface area (Å²) in [6.07, 6.45) is 2.32.